The maximum absolute atomic E-state index is 15.8. The quantitative estimate of drug-likeness (QED) is 0.0302. The highest BCUT2D eigenvalue weighted by molar-refractivity contribution is 8.00. The Morgan fingerprint density at radius 1 is 0.547 bits per heavy atom. The van der Waals surface area contributed by atoms with E-state index in [9.17, 15) is 68.1 Å². The van der Waals surface area contributed by atoms with Crippen LogP contribution in [-0.2, 0) is 107 Å². The number of aliphatic carboxylic acids is 1. The highest BCUT2D eigenvalue weighted by Crippen LogP contribution is 2.29. The van der Waals surface area contributed by atoms with Crippen LogP contribution in [0.4, 0.5) is 0 Å². The van der Waals surface area contributed by atoms with Gasteiger partial charge < -0.3 is 126 Å². The van der Waals surface area contributed by atoms with Gasteiger partial charge in [0.25, 0.3) is 0 Å². The number of aliphatic hydroxyl groups excluding tert-OH is 1. The van der Waals surface area contributed by atoms with E-state index >= 15 is 28.8 Å². The average molecular weight is 1800 g/mol. The minimum atomic E-state index is -1.75. The first-order valence-electron chi connectivity index (χ1n) is 43.0. The molecule has 0 radical (unpaired) electrons. The number of hydrogen-bond donors (Lipinski definition) is 18. The van der Waals surface area contributed by atoms with E-state index in [-0.39, 0.29) is 94.7 Å². The van der Waals surface area contributed by atoms with Crippen LogP contribution in [0.25, 0.3) is 21.8 Å². The van der Waals surface area contributed by atoms with Crippen molar-refractivity contribution in [1.82, 2.24) is 81.9 Å². The number of unbranched alkanes of at least 4 members (excludes halogenated alkanes) is 2. The van der Waals surface area contributed by atoms with Gasteiger partial charge in [0, 0.05) is 113 Å². The van der Waals surface area contributed by atoms with Crippen LogP contribution in [0.15, 0.2) is 85.2 Å². The minimum Gasteiger partial charge on any atom is -0.508 e. The van der Waals surface area contributed by atoms with Crippen molar-refractivity contribution in [1.29, 1.82) is 0 Å². The Morgan fingerprint density at radius 3 is 1.72 bits per heavy atom. The number of aromatic nitrogens is 2. The zero-order valence-electron chi connectivity index (χ0n) is 73.3. The number of nitrogens with one attached hydrogen (secondary N) is 10. The zero-order chi connectivity index (χ0) is 94.1. The molecule has 128 heavy (non-hydrogen) atoms. The van der Waals surface area contributed by atoms with E-state index in [1.807, 2.05) is 13.8 Å². The molecule has 41 nitrogen and oxygen atoms in total. The zero-order valence-corrected chi connectivity index (χ0v) is 74.2. The van der Waals surface area contributed by atoms with Crippen LogP contribution in [0.5, 0.6) is 5.75 Å². The van der Waals surface area contributed by atoms with Crippen molar-refractivity contribution >= 4 is 134 Å². The highest BCUT2D eigenvalue weighted by Gasteiger charge is 2.47. The van der Waals surface area contributed by atoms with Gasteiger partial charge in [0.05, 0.1) is 18.3 Å². The van der Waals surface area contributed by atoms with E-state index < -0.39 is 230 Å². The summed E-state index contributed by atoms with van der Waals surface area (Å²) < 4.78 is 1.44. The molecular formula is C86H123N21O20S. The molecule has 2 aromatic heterocycles. The Bertz CT molecular complexity index is 4830. The number of aliphatic hydroxyl groups is 1. The van der Waals surface area contributed by atoms with Gasteiger partial charge in [-0.3, -0.25) is 81.5 Å². The minimum absolute atomic E-state index is 0.00280. The number of amides is 16. The number of carboxylic acids is 1. The third-order valence-corrected chi connectivity index (χ3v) is 24.2. The smallest absolute Gasteiger partial charge is 0.323 e. The molecule has 3 saturated heterocycles. The van der Waals surface area contributed by atoms with E-state index in [0.29, 0.717) is 64.2 Å². The number of primary amides is 2. The number of carboxylic acid groups (broad SMARTS) is 1. The van der Waals surface area contributed by atoms with Gasteiger partial charge in [-0.05, 0) is 98.9 Å². The highest BCUT2D eigenvalue weighted by atomic mass is 32.2. The van der Waals surface area contributed by atoms with Crippen molar-refractivity contribution in [2.45, 2.75) is 228 Å². The number of aromatic hydroxyl groups is 1. The number of hydrogen-bond acceptors (Lipinski definition) is 23. The molecule has 698 valence electrons. The van der Waals surface area contributed by atoms with Crippen molar-refractivity contribution in [3.63, 3.8) is 0 Å². The molecule has 0 saturated carbocycles. The third-order valence-electron chi connectivity index (χ3n) is 23.2. The summed E-state index contributed by atoms with van der Waals surface area (Å²) in [6.45, 7) is 5.91. The van der Waals surface area contributed by atoms with Gasteiger partial charge in [-0.25, -0.2) is 0 Å². The number of benzene rings is 3. The first kappa shape index (κ1) is 101. The molecule has 3 aromatic carbocycles. The lowest BCUT2D eigenvalue weighted by atomic mass is 9.99. The number of aromatic amines is 1. The monoisotopic (exact) mass is 1800 g/mol. The molecule has 5 heterocycles. The van der Waals surface area contributed by atoms with Crippen LogP contribution in [-0.4, -0.2) is 306 Å². The number of phenols is 1. The summed E-state index contributed by atoms with van der Waals surface area (Å²) in [7, 11) is 3.89. The van der Waals surface area contributed by atoms with E-state index in [2.05, 4.69) is 52.8 Å². The number of rotatable bonds is 23. The molecule has 15 atom stereocenters. The number of likely N-dealkylation sites (N-methyl/N-ethyl adjacent to an activating group) is 3. The standard InChI is InChI=1S/C86H123N21O20S/c1-9-11-21-66-79(120)99-63(39-89)78(119)101-64(73(91)114)44-128-45-71(111)93-59(33-48-25-27-51(108)28-26-48)82(123)102(6)47(5)74(115)96-61(37-70(90)110)84(125)106-31-17-24-67(106)80(121)100-62(38-88)77(118)97-58(32-46(3)4)85(126)107-42-52(109)36-69(107)81(122)95-57(34-49-40-92-55-20-15-13-18-53(49)55)76(117)94-56(29-30-87)75(116)98-60(83(124)104(8)68(22-12-10-2)86(127)103(66)7)35-50-41-105(43-72(112)113)65-23-16-14-19-54(50)65/h13-16,18-20,23,25-28,40-41,46-47,52,56-64,66-69,92,108-109H,9-12,17,21-22,24,29-39,42-45,87-89H2,1-8H3,(H2,90,110)(H2,91,114)(H,93,111)(H,94,117)(H,95,122)(H,96,115)(H,97,118)(H,98,116)(H,99,120)(H,100,121)(H,101,119)(H,112,113)/t47-,52+,56-,57-,58-,59-,60-,61-,62-,63-,64-,66-,67-,68-,69-/m0/s1. The van der Waals surface area contributed by atoms with Gasteiger partial charge in [0.2, 0.25) is 94.5 Å². The van der Waals surface area contributed by atoms with Gasteiger partial charge in [-0.15, -0.1) is 11.8 Å². The number of nitrogens with two attached hydrogens (primary N) is 5. The molecule has 0 unspecified atom stereocenters. The summed E-state index contributed by atoms with van der Waals surface area (Å²) in [6.07, 6.45) is 1.13. The van der Waals surface area contributed by atoms with Crippen molar-refractivity contribution in [2.75, 3.05) is 65.4 Å². The second kappa shape index (κ2) is 47.5. The predicted octanol–water partition coefficient (Wildman–Crippen LogP) is -3.44. The molecule has 3 aliphatic rings. The lowest BCUT2D eigenvalue weighted by molar-refractivity contribution is -0.149. The summed E-state index contributed by atoms with van der Waals surface area (Å²) in [5.41, 5.74) is 32.4. The van der Waals surface area contributed by atoms with Gasteiger partial charge in [-0.1, -0.05) is 102 Å². The van der Waals surface area contributed by atoms with E-state index in [1.54, 1.807) is 68.6 Å². The molecule has 5 aromatic rings. The van der Waals surface area contributed by atoms with Crippen molar-refractivity contribution in [3.05, 3.63) is 102 Å². The second-order valence-electron chi connectivity index (χ2n) is 33.1. The summed E-state index contributed by atoms with van der Waals surface area (Å²) in [4.78, 5) is 255. The Kier molecular flexibility index (Phi) is 37.5. The summed E-state index contributed by atoms with van der Waals surface area (Å²) in [6, 6.07) is -2.09. The predicted molar refractivity (Wildman–Crippen MR) is 471 cm³/mol. The number of thioether (sulfide) groups is 1. The maximum atomic E-state index is 15.8. The number of para-hydroxylation sites is 2. The Labute approximate surface area is 745 Å². The molecule has 3 fully saturated rings. The fraction of sp³-hybridized carbons (Fsp3) is 0.547. The van der Waals surface area contributed by atoms with E-state index in [4.69, 9.17) is 28.7 Å². The third kappa shape index (κ3) is 26.9. The number of fused-ring (bicyclic) bond motifs is 4. The van der Waals surface area contributed by atoms with Crippen LogP contribution in [0.2, 0.25) is 0 Å². The molecular weight excluding hydrogens is 1680 g/mol. The maximum Gasteiger partial charge on any atom is 0.323 e. The normalized spacial score (nSPS) is 25.6. The largest absolute Gasteiger partial charge is 0.508 e. The SMILES string of the molecule is CCCC[C@H]1C(=O)N(C)[C@@H](CCCC)C(=O)N[C@@H](CN)C(=O)N[C@H](C(N)=O)CSCC(=O)N[C@@H](Cc2ccc(O)cc2)C(=O)N(C)[C@@H](C)C(=O)N[C@@H](CC(N)=O)C(=O)N2CCC[C@H]2C(=O)N[C@@H](CN)C(=O)N[C@@H](CC(C)C)C(=O)N2C[C@H](O)C[C@H]2C(=O)N[C@@H](Cc2c[nH]c3ccccc23)C(=O)N[C@@H](CCN)C(=O)N[C@@H](Cc2cn(CC(=O)O)c3ccccc23)C(=O)N1C. The van der Waals surface area contributed by atoms with Crippen LogP contribution >= 0.6 is 11.8 Å². The topological polar surface area (TPSA) is 626 Å². The fourth-order valence-corrected chi connectivity index (χ4v) is 16.9. The van der Waals surface area contributed by atoms with Crippen LogP contribution in [0, 0.1) is 5.92 Å². The van der Waals surface area contributed by atoms with Gasteiger partial charge in [0.1, 0.15) is 96.9 Å². The molecule has 0 bridgehead atoms. The Balaban J connectivity index is 1.18. The Morgan fingerprint density at radius 2 is 1.09 bits per heavy atom. The van der Waals surface area contributed by atoms with Crippen LogP contribution < -0.4 is 76.5 Å². The van der Waals surface area contributed by atoms with Crippen molar-refractivity contribution in [3.8, 4) is 5.75 Å². The number of nitrogens with zero attached hydrogens (tertiary/aromatic N) is 6. The fourth-order valence-electron chi connectivity index (χ4n) is 16.0. The summed E-state index contributed by atoms with van der Waals surface area (Å²) in [5, 5.41) is 56.5. The van der Waals surface area contributed by atoms with Gasteiger partial charge in [-0.2, -0.15) is 0 Å². The lowest BCUT2D eigenvalue weighted by Crippen LogP contribution is -2.62. The van der Waals surface area contributed by atoms with Crippen LogP contribution in [0.1, 0.15) is 128 Å². The average Bonchev–Trinajstić information content (AvgIpc) is 1.61. The molecule has 42 heteroatoms. The van der Waals surface area contributed by atoms with E-state index in [1.165, 1.54) is 63.1 Å². The Hall–Kier alpha value is -12.3. The van der Waals surface area contributed by atoms with Crippen molar-refractivity contribution in [2.24, 2.45) is 34.6 Å². The van der Waals surface area contributed by atoms with Gasteiger partial charge in [0.15, 0.2) is 0 Å². The van der Waals surface area contributed by atoms with Gasteiger partial charge >= 0.3 is 5.97 Å². The molecule has 16 amide bonds. The number of phenolic OH excluding ortho intramolecular Hbond substituents is 1. The molecule has 0 spiro atoms. The van der Waals surface area contributed by atoms with Crippen molar-refractivity contribution < 1.29 is 96.8 Å². The second-order valence-corrected chi connectivity index (χ2v) is 34.2. The molecule has 23 N–H and O–H groups in total. The number of H-pyrrole nitrogens is 1. The lowest BCUT2D eigenvalue weighted by Gasteiger charge is -2.36. The summed E-state index contributed by atoms with van der Waals surface area (Å²) >= 11 is 0.789. The summed E-state index contributed by atoms with van der Waals surface area (Å²) in [5.74, 6) is -17.6. The number of carbonyl (C=O) groups excluding carboxylic acids is 16. The van der Waals surface area contributed by atoms with E-state index in [0.717, 1.165) is 36.3 Å². The first-order valence-corrected chi connectivity index (χ1v) is 44.2. The first-order chi connectivity index (χ1) is 60.8. The molecule has 3 aliphatic heterocycles. The molecule has 0 aliphatic carbocycles. The van der Waals surface area contributed by atoms with Crippen LogP contribution in [0.3, 0.4) is 0 Å². The number of carbonyl (C=O) groups is 17. The molecule has 8 rings (SSSR count).